The van der Waals surface area contributed by atoms with Crippen molar-refractivity contribution in [2.75, 3.05) is 31.7 Å². The maximum absolute atomic E-state index is 15.3. The van der Waals surface area contributed by atoms with Crippen LogP contribution in [0.5, 0.6) is 5.75 Å². The van der Waals surface area contributed by atoms with Gasteiger partial charge in [-0.3, -0.25) is 9.59 Å². The Morgan fingerprint density at radius 1 is 1.08 bits per heavy atom. The minimum atomic E-state index is -4.79. The van der Waals surface area contributed by atoms with Crippen LogP contribution in [0, 0.1) is 18.6 Å². The molecule has 272 valence electrons. The van der Waals surface area contributed by atoms with Gasteiger partial charge in [-0.1, -0.05) is 6.07 Å². The van der Waals surface area contributed by atoms with E-state index in [9.17, 15) is 27.2 Å². The van der Waals surface area contributed by atoms with Crippen LogP contribution in [-0.4, -0.2) is 57.5 Å². The van der Waals surface area contributed by atoms with Gasteiger partial charge in [0.1, 0.15) is 28.7 Å². The van der Waals surface area contributed by atoms with Crippen molar-refractivity contribution in [3.63, 3.8) is 0 Å². The largest absolute Gasteiger partial charge is 0.490 e. The molecule has 9 nitrogen and oxygen atoms in total. The maximum Gasteiger partial charge on any atom is 0.417 e. The molecule has 1 amide bonds. The molecule has 1 fully saturated rings. The number of aromatic nitrogens is 3. The SMILES string of the molecule is Cc1nc2c3c(c(C(F)(F)F)cc2n1C)-c1cccn2c(C(=O)c4cc(F)c(NC(=O)/C(F)=C/CNC5(C)CCOCC5)c(F)c4)cc(c12)CCO3. The van der Waals surface area contributed by atoms with Gasteiger partial charge >= 0.3 is 6.18 Å². The zero-order valence-corrected chi connectivity index (χ0v) is 28.3. The second-order valence-corrected chi connectivity index (χ2v) is 13.2. The van der Waals surface area contributed by atoms with E-state index >= 15 is 8.78 Å². The van der Waals surface area contributed by atoms with Gasteiger partial charge in [-0.25, -0.2) is 18.2 Å². The van der Waals surface area contributed by atoms with E-state index < -0.39 is 52.1 Å². The third-order valence-electron chi connectivity index (χ3n) is 9.82. The number of anilines is 1. The average Bonchev–Trinajstić information content (AvgIpc) is 3.60. The number of imidazole rings is 1. The molecule has 52 heavy (non-hydrogen) atoms. The Morgan fingerprint density at radius 3 is 2.48 bits per heavy atom. The lowest BCUT2D eigenvalue weighted by molar-refractivity contribution is -0.137. The predicted molar refractivity (Wildman–Crippen MR) is 180 cm³/mol. The van der Waals surface area contributed by atoms with E-state index in [0.717, 1.165) is 12.1 Å². The van der Waals surface area contributed by atoms with E-state index in [1.807, 2.05) is 12.2 Å². The average molecular weight is 726 g/mol. The van der Waals surface area contributed by atoms with Crippen molar-refractivity contribution < 1.29 is 45.4 Å². The van der Waals surface area contributed by atoms with Gasteiger partial charge in [-0.05, 0) is 68.7 Å². The summed E-state index contributed by atoms with van der Waals surface area (Å²) in [7, 11) is 1.61. The number of carbonyl (C=O) groups is 2. The van der Waals surface area contributed by atoms with Gasteiger partial charge in [0.2, 0.25) is 5.78 Å². The van der Waals surface area contributed by atoms with Crippen LogP contribution >= 0.6 is 0 Å². The van der Waals surface area contributed by atoms with Crippen LogP contribution in [0.3, 0.4) is 0 Å². The van der Waals surface area contributed by atoms with E-state index in [0.29, 0.717) is 55.1 Å². The monoisotopic (exact) mass is 725 g/mol. The molecule has 0 aliphatic carbocycles. The number of ketones is 1. The predicted octanol–water partition coefficient (Wildman–Crippen LogP) is 7.21. The van der Waals surface area contributed by atoms with Crippen LogP contribution in [0.1, 0.15) is 52.8 Å². The molecule has 0 unspecified atom stereocenters. The molecule has 0 atom stereocenters. The van der Waals surface area contributed by atoms with Gasteiger partial charge in [-0.2, -0.15) is 13.2 Å². The number of rotatable bonds is 7. The lowest BCUT2D eigenvalue weighted by Crippen LogP contribution is -2.46. The van der Waals surface area contributed by atoms with Crippen LogP contribution in [0.4, 0.5) is 32.0 Å². The van der Waals surface area contributed by atoms with Crippen molar-refractivity contribution in [3.8, 4) is 16.9 Å². The highest BCUT2D eigenvalue weighted by Crippen LogP contribution is 2.48. The van der Waals surface area contributed by atoms with Gasteiger partial charge in [0.05, 0.1) is 28.9 Å². The fraction of sp³-hybridized carbons (Fsp3) is 0.324. The number of carbonyl (C=O) groups excluding carboxylic acids is 2. The molecule has 2 aliphatic rings. The van der Waals surface area contributed by atoms with Crippen molar-refractivity contribution in [3.05, 3.63) is 94.3 Å². The summed E-state index contributed by atoms with van der Waals surface area (Å²) in [5.74, 6) is -5.71. The van der Waals surface area contributed by atoms with Crippen molar-refractivity contribution in [1.82, 2.24) is 19.3 Å². The quantitative estimate of drug-likeness (QED) is 0.105. The number of amides is 1. The molecule has 0 saturated carbocycles. The van der Waals surface area contributed by atoms with Crippen molar-refractivity contribution in [2.24, 2.45) is 7.05 Å². The van der Waals surface area contributed by atoms with Gasteiger partial charge in [0, 0.05) is 61.7 Å². The fourth-order valence-electron chi connectivity index (χ4n) is 6.83. The summed E-state index contributed by atoms with van der Waals surface area (Å²) in [4.78, 5) is 30.8. The van der Waals surface area contributed by atoms with Crippen LogP contribution < -0.4 is 15.4 Å². The third kappa shape index (κ3) is 6.21. The number of hydrogen-bond donors (Lipinski definition) is 2. The van der Waals surface area contributed by atoms with Crippen LogP contribution in [0.2, 0.25) is 0 Å². The molecule has 2 aromatic carbocycles. The number of halogens is 6. The lowest BCUT2D eigenvalue weighted by Gasteiger charge is -2.34. The topological polar surface area (TPSA) is 98.9 Å². The number of alkyl halides is 3. The van der Waals surface area contributed by atoms with Gasteiger partial charge in [0.25, 0.3) is 5.91 Å². The maximum atomic E-state index is 15.3. The summed E-state index contributed by atoms with van der Waals surface area (Å²) in [6, 6.07) is 6.84. The molecule has 0 bridgehead atoms. The Balaban J connectivity index is 1.22. The molecular formula is C37H33F6N5O4. The van der Waals surface area contributed by atoms with Crippen molar-refractivity contribution in [1.29, 1.82) is 0 Å². The summed E-state index contributed by atoms with van der Waals surface area (Å²) < 4.78 is 104. The number of nitrogens with one attached hydrogen (secondary N) is 2. The summed E-state index contributed by atoms with van der Waals surface area (Å²) in [6.07, 6.45) is -0.787. The van der Waals surface area contributed by atoms with Gasteiger partial charge < -0.3 is 29.1 Å². The number of benzene rings is 2. The zero-order valence-electron chi connectivity index (χ0n) is 28.3. The Kier molecular flexibility index (Phi) is 8.90. The summed E-state index contributed by atoms with van der Waals surface area (Å²) >= 11 is 0. The first-order valence-corrected chi connectivity index (χ1v) is 16.5. The Bertz CT molecular complexity index is 2280. The Hall–Kier alpha value is -5.15. The highest BCUT2D eigenvalue weighted by Gasteiger charge is 2.39. The Morgan fingerprint density at radius 2 is 1.79 bits per heavy atom. The van der Waals surface area contributed by atoms with E-state index in [1.54, 1.807) is 18.5 Å². The van der Waals surface area contributed by atoms with Crippen molar-refractivity contribution in [2.45, 2.75) is 44.8 Å². The number of pyridine rings is 1. The molecule has 2 N–H and O–H groups in total. The van der Waals surface area contributed by atoms with E-state index in [-0.39, 0.29) is 58.7 Å². The van der Waals surface area contributed by atoms with E-state index in [1.165, 1.54) is 28.8 Å². The fourth-order valence-corrected chi connectivity index (χ4v) is 6.83. The minimum Gasteiger partial charge on any atom is -0.490 e. The van der Waals surface area contributed by atoms with Gasteiger partial charge in [0.15, 0.2) is 11.6 Å². The number of aryl methyl sites for hydroxylation is 2. The molecule has 1 saturated heterocycles. The first-order valence-electron chi connectivity index (χ1n) is 16.5. The van der Waals surface area contributed by atoms with Crippen LogP contribution in [-0.2, 0) is 29.2 Å². The second-order valence-electron chi connectivity index (χ2n) is 13.2. The second kappa shape index (κ2) is 13.1. The lowest BCUT2D eigenvalue weighted by atomic mass is 9.92. The molecule has 0 radical (unpaired) electrons. The molecule has 15 heteroatoms. The highest BCUT2D eigenvalue weighted by molar-refractivity contribution is 6.10. The highest BCUT2D eigenvalue weighted by atomic mass is 19.4. The molecule has 7 rings (SSSR count). The standard InChI is InChI=1S/C37H33F6N5O4/c1-19-45-31-27(47(19)3)18-23(37(41,42)43)29-22-5-4-11-48-28(17-20(32(22)48)7-12-52-34(29)31)33(49)21-15-25(39)30(26(40)16-21)46-35(50)24(38)6-10-44-36(2)8-13-51-14-9-36/h4-6,11,15-18,44H,7-10,12-14H2,1-3H3,(H,46,50)/b24-6-. The molecule has 2 aliphatic heterocycles. The van der Waals surface area contributed by atoms with E-state index in [2.05, 4.69) is 10.3 Å². The first-order chi connectivity index (χ1) is 24.7. The summed E-state index contributed by atoms with van der Waals surface area (Å²) in [5.41, 5.74) is -1.59. The molecule has 5 heterocycles. The van der Waals surface area contributed by atoms with Gasteiger partial charge in [-0.15, -0.1) is 0 Å². The molecular weight excluding hydrogens is 692 g/mol. The van der Waals surface area contributed by atoms with E-state index in [4.69, 9.17) is 9.47 Å². The minimum absolute atomic E-state index is 0.00842. The molecule has 0 spiro atoms. The van der Waals surface area contributed by atoms with Crippen LogP contribution in [0.15, 0.2) is 54.5 Å². The van der Waals surface area contributed by atoms with Crippen molar-refractivity contribution >= 4 is 33.9 Å². The van der Waals surface area contributed by atoms with Crippen LogP contribution in [0.25, 0.3) is 27.7 Å². The number of hydrogen-bond acceptors (Lipinski definition) is 6. The summed E-state index contributed by atoms with van der Waals surface area (Å²) in [6.45, 7) is 4.63. The Labute approximate surface area is 293 Å². The number of fused-ring (bicyclic) bond motifs is 4. The smallest absolute Gasteiger partial charge is 0.417 e. The molecule has 5 aromatic rings. The first kappa shape index (κ1) is 35.3. The molecule has 3 aromatic heterocycles. The third-order valence-corrected chi connectivity index (χ3v) is 9.82. The number of ether oxygens (including phenoxy) is 2. The zero-order chi connectivity index (χ0) is 37.1. The number of nitrogens with zero attached hydrogens (tertiary/aromatic N) is 3. The summed E-state index contributed by atoms with van der Waals surface area (Å²) in [5, 5.41) is 5.03. The normalized spacial score (nSPS) is 16.0.